The van der Waals surface area contributed by atoms with E-state index in [1.807, 2.05) is 67.6 Å². The quantitative estimate of drug-likeness (QED) is 0.604. The van der Waals surface area contributed by atoms with Crippen molar-refractivity contribution in [3.05, 3.63) is 89.2 Å². The van der Waals surface area contributed by atoms with Gasteiger partial charge in [-0.05, 0) is 42.3 Å². The number of benzene rings is 2. The first-order valence-corrected chi connectivity index (χ1v) is 10.2. The van der Waals surface area contributed by atoms with E-state index >= 15 is 0 Å². The third-order valence-corrected chi connectivity index (χ3v) is 5.64. The lowest BCUT2D eigenvalue weighted by molar-refractivity contribution is -0.119. The maximum atomic E-state index is 12.8. The number of aromatic nitrogens is 1. The number of allylic oxidation sites excluding steroid dienone is 3. The number of para-hydroxylation sites is 1. The van der Waals surface area contributed by atoms with Crippen LogP contribution >= 0.6 is 0 Å². The van der Waals surface area contributed by atoms with Gasteiger partial charge in [-0.25, -0.2) is 0 Å². The van der Waals surface area contributed by atoms with Crippen molar-refractivity contribution in [3.8, 4) is 5.75 Å². The third-order valence-electron chi connectivity index (χ3n) is 5.64. The monoisotopic (exact) mass is 424 g/mol. The van der Waals surface area contributed by atoms with Crippen molar-refractivity contribution in [2.24, 2.45) is 16.1 Å². The molecule has 7 nitrogen and oxygen atoms in total. The summed E-state index contributed by atoms with van der Waals surface area (Å²) in [6, 6.07) is 13.0. The van der Waals surface area contributed by atoms with E-state index in [1.165, 1.54) is 0 Å². The normalized spacial score (nSPS) is 17.1. The first kappa shape index (κ1) is 19.7. The summed E-state index contributed by atoms with van der Waals surface area (Å²) >= 11 is 0. The van der Waals surface area contributed by atoms with Gasteiger partial charge in [0.1, 0.15) is 11.4 Å². The fraction of sp³-hybridized carbons (Fsp3) is 0.120. The number of nitrogens with one attached hydrogen (secondary N) is 2. The van der Waals surface area contributed by atoms with Crippen LogP contribution in [0.15, 0.2) is 82.6 Å². The molecule has 1 aromatic heterocycles. The number of carbonyl (C=O) groups excluding carboxylic acids is 2. The summed E-state index contributed by atoms with van der Waals surface area (Å²) in [6.45, 7) is 1.94. The SMILES string of the molecule is COc1cccc2cc(C(=O)Nc3ccc(C4=C5C=CC=CC5C(=O)N=N4)c(C)c3)[nH]c12. The van der Waals surface area contributed by atoms with Gasteiger partial charge in [0.25, 0.3) is 11.8 Å². The van der Waals surface area contributed by atoms with Crippen molar-refractivity contribution < 1.29 is 14.3 Å². The molecule has 2 amide bonds. The summed E-state index contributed by atoms with van der Waals surface area (Å²) in [7, 11) is 1.60. The van der Waals surface area contributed by atoms with E-state index in [2.05, 4.69) is 20.5 Å². The Balaban J connectivity index is 1.42. The summed E-state index contributed by atoms with van der Waals surface area (Å²) < 4.78 is 5.36. The van der Waals surface area contributed by atoms with Gasteiger partial charge >= 0.3 is 0 Å². The molecule has 158 valence electrons. The minimum atomic E-state index is -0.398. The number of amides is 2. The van der Waals surface area contributed by atoms with Crippen molar-refractivity contribution in [1.29, 1.82) is 0 Å². The van der Waals surface area contributed by atoms with Crippen LogP contribution in [-0.2, 0) is 4.79 Å². The maximum absolute atomic E-state index is 12.8. The van der Waals surface area contributed by atoms with Gasteiger partial charge in [-0.2, -0.15) is 0 Å². The topological polar surface area (TPSA) is 95.9 Å². The summed E-state index contributed by atoms with van der Waals surface area (Å²) in [5.41, 5.74) is 5.17. The summed E-state index contributed by atoms with van der Waals surface area (Å²) in [4.78, 5) is 28.0. The van der Waals surface area contributed by atoms with Gasteiger partial charge in [0, 0.05) is 16.6 Å². The second kappa shape index (κ2) is 7.77. The van der Waals surface area contributed by atoms with Crippen LogP contribution in [0.3, 0.4) is 0 Å². The molecule has 5 rings (SSSR count). The Labute approximate surface area is 184 Å². The first-order chi connectivity index (χ1) is 15.5. The van der Waals surface area contributed by atoms with Crippen LogP contribution in [0.1, 0.15) is 21.6 Å². The molecule has 2 N–H and O–H groups in total. The Morgan fingerprint density at radius 1 is 1.12 bits per heavy atom. The number of azo groups is 1. The van der Waals surface area contributed by atoms with E-state index < -0.39 is 5.92 Å². The van der Waals surface area contributed by atoms with E-state index in [9.17, 15) is 9.59 Å². The second-order valence-corrected chi connectivity index (χ2v) is 7.66. The van der Waals surface area contributed by atoms with Crippen molar-refractivity contribution in [2.45, 2.75) is 6.92 Å². The molecule has 1 aliphatic heterocycles. The Kier molecular flexibility index (Phi) is 4.78. The predicted molar refractivity (Wildman–Crippen MR) is 123 cm³/mol. The highest BCUT2D eigenvalue weighted by molar-refractivity contribution is 6.06. The van der Waals surface area contributed by atoms with Gasteiger partial charge in [0.05, 0.1) is 24.2 Å². The molecule has 2 heterocycles. The second-order valence-electron chi connectivity index (χ2n) is 7.66. The van der Waals surface area contributed by atoms with E-state index in [1.54, 1.807) is 13.2 Å². The molecule has 2 aromatic carbocycles. The van der Waals surface area contributed by atoms with Crippen LogP contribution in [-0.4, -0.2) is 23.9 Å². The van der Waals surface area contributed by atoms with E-state index in [-0.39, 0.29) is 11.8 Å². The van der Waals surface area contributed by atoms with E-state index in [4.69, 9.17) is 4.74 Å². The van der Waals surface area contributed by atoms with Crippen molar-refractivity contribution in [1.82, 2.24) is 4.98 Å². The molecule has 0 saturated carbocycles. The van der Waals surface area contributed by atoms with Crippen LogP contribution in [0.2, 0.25) is 0 Å². The van der Waals surface area contributed by atoms with Gasteiger partial charge in [0.2, 0.25) is 0 Å². The van der Waals surface area contributed by atoms with Crippen molar-refractivity contribution in [3.63, 3.8) is 0 Å². The van der Waals surface area contributed by atoms with Gasteiger partial charge < -0.3 is 15.0 Å². The maximum Gasteiger partial charge on any atom is 0.276 e. The van der Waals surface area contributed by atoms with Gasteiger partial charge in [0.15, 0.2) is 0 Å². The molecular weight excluding hydrogens is 404 g/mol. The predicted octanol–water partition coefficient (Wildman–Crippen LogP) is 5.18. The number of aryl methyl sites for hydroxylation is 1. The zero-order valence-electron chi connectivity index (χ0n) is 17.5. The summed E-state index contributed by atoms with van der Waals surface area (Å²) in [5.74, 6) is -0.228. The van der Waals surface area contributed by atoms with Crippen LogP contribution in [0, 0.1) is 12.8 Å². The Morgan fingerprint density at radius 3 is 2.81 bits per heavy atom. The number of aromatic amines is 1. The molecule has 1 unspecified atom stereocenters. The highest BCUT2D eigenvalue weighted by Crippen LogP contribution is 2.36. The van der Waals surface area contributed by atoms with Gasteiger partial charge in [-0.1, -0.05) is 42.5 Å². The lowest BCUT2D eigenvalue weighted by Crippen LogP contribution is -2.17. The van der Waals surface area contributed by atoms with E-state index in [0.29, 0.717) is 22.8 Å². The molecular formula is C25H20N4O3. The fourth-order valence-corrected chi connectivity index (χ4v) is 4.04. The smallest absolute Gasteiger partial charge is 0.276 e. The summed E-state index contributed by atoms with van der Waals surface area (Å²) in [6.07, 6.45) is 7.46. The highest BCUT2D eigenvalue weighted by atomic mass is 16.5. The lowest BCUT2D eigenvalue weighted by atomic mass is 9.88. The molecule has 32 heavy (non-hydrogen) atoms. The largest absolute Gasteiger partial charge is 0.495 e. The Hall–Kier alpha value is -4.26. The molecule has 1 atom stereocenters. The molecule has 1 aliphatic carbocycles. The number of fused-ring (bicyclic) bond motifs is 2. The number of anilines is 1. The average molecular weight is 424 g/mol. The number of hydrogen-bond acceptors (Lipinski definition) is 4. The zero-order valence-corrected chi connectivity index (χ0v) is 17.5. The molecule has 2 aliphatic rings. The summed E-state index contributed by atoms with van der Waals surface area (Å²) in [5, 5.41) is 11.8. The number of nitrogens with zero attached hydrogens (tertiary/aromatic N) is 2. The third kappa shape index (κ3) is 3.33. The number of H-pyrrole nitrogens is 1. The molecule has 0 bridgehead atoms. The van der Waals surface area contributed by atoms with Crippen molar-refractivity contribution in [2.75, 3.05) is 12.4 Å². The fourth-order valence-electron chi connectivity index (χ4n) is 4.04. The molecule has 0 spiro atoms. The van der Waals surface area contributed by atoms with Crippen molar-refractivity contribution >= 4 is 34.1 Å². The number of ether oxygens (including phenoxy) is 1. The minimum absolute atomic E-state index is 0.249. The zero-order chi connectivity index (χ0) is 22.2. The van der Waals surface area contributed by atoms with Crippen LogP contribution in [0.25, 0.3) is 16.6 Å². The molecule has 0 radical (unpaired) electrons. The van der Waals surface area contributed by atoms with Gasteiger partial charge in [-0.15, -0.1) is 10.2 Å². The Bertz CT molecular complexity index is 1390. The van der Waals surface area contributed by atoms with Crippen LogP contribution in [0.4, 0.5) is 5.69 Å². The first-order valence-electron chi connectivity index (χ1n) is 10.2. The number of methoxy groups -OCH3 is 1. The number of rotatable bonds is 4. The number of hydrogen-bond donors (Lipinski definition) is 2. The lowest BCUT2D eigenvalue weighted by Gasteiger charge is -2.20. The van der Waals surface area contributed by atoms with Crippen LogP contribution < -0.4 is 10.1 Å². The molecule has 0 saturated heterocycles. The Morgan fingerprint density at radius 2 is 2.00 bits per heavy atom. The minimum Gasteiger partial charge on any atom is -0.495 e. The highest BCUT2D eigenvalue weighted by Gasteiger charge is 2.28. The molecule has 0 fully saturated rings. The van der Waals surface area contributed by atoms with Gasteiger partial charge in [-0.3, -0.25) is 9.59 Å². The molecule has 7 heteroatoms. The standard InChI is InChI=1S/C25H20N4O3/c1-14-12-16(26-25(31)20-13-15-6-5-9-21(32-2)22(15)27-20)10-11-17(14)23-18-7-3-4-8-19(18)24(30)29-28-23/h3-13,19,27H,1-2H3,(H,26,31). The number of carbonyl (C=O) groups is 2. The average Bonchev–Trinajstić information content (AvgIpc) is 3.25. The van der Waals surface area contributed by atoms with E-state index in [0.717, 1.165) is 27.6 Å². The van der Waals surface area contributed by atoms with Crippen LogP contribution in [0.5, 0.6) is 5.75 Å². The molecule has 3 aromatic rings.